The van der Waals surface area contributed by atoms with Gasteiger partial charge in [-0.05, 0) is 30.9 Å². The van der Waals surface area contributed by atoms with E-state index in [0.29, 0.717) is 4.88 Å². The van der Waals surface area contributed by atoms with Crippen molar-refractivity contribution in [3.05, 3.63) is 58.0 Å². The number of carbonyl (C=O) groups is 1. The van der Waals surface area contributed by atoms with E-state index in [-0.39, 0.29) is 5.91 Å². The number of carbonyl (C=O) groups excluding carboxylic acids is 1. The zero-order valence-corrected chi connectivity index (χ0v) is 12.6. The molecule has 2 aromatic heterocycles. The molecule has 4 nitrogen and oxygen atoms in total. The summed E-state index contributed by atoms with van der Waals surface area (Å²) in [6.45, 7) is 3.76. The number of hydrogen-bond acceptors (Lipinski definition) is 3. The topological polar surface area (TPSA) is 57.8 Å². The van der Waals surface area contributed by atoms with Crippen molar-refractivity contribution in [3.8, 4) is 11.1 Å². The van der Waals surface area contributed by atoms with Crippen LogP contribution < -0.4 is 5.32 Å². The van der Waals surface area contributed by atoms with Crippen LogP contribution in [0.1, 0.15) is 21.1 Å². The molecule has 5 heteroatoms. The molecule has 0 bridgehead atoms. The summed E-state index contributed by atoms with van der Waals surface area (Å²) in [5.41, 5.74) is 4.41. The van der Waals surface area contributed by atoms with E-state index in [9.17, 15) is 4.79 Å². The van der Waals surface area contributed by atoms with Crippen LogP contribution >= 0.6 is 11.3 Å². The molecule has 3 aromatic rings. The normalized spacial score (nSPS) is 10.6. The average molecular weight is 297 g/mol. The molecular weight excluding hydrogens is 282 g/mol. The van der Waals surface area contributed by atoms with Crippen molar-refractivity contribution >= 4 is 22.9 Å². The van der Waals surface area contributed by atoms with Crippen molar-refractivity contribution in [2.24, 2.45) is 0 Å². The van der Waals surface area contributed by atoms with E-state index in [1.54, 1.807) is 0 Å². The monoisotopic (exact) mass is 297 g/mol. The lowest BCUT2D eigenvalue weighted by atomic mass is 10.1. The zero-order chi connectivity index (χ0) is 14.8. The molecule has 1 amide bonds. The molecule has 2 N–H and O–H groups in total. The van der Waals surface area contributed by atoms with Gasteiger partial charge in [-0.2, -0.15) is 5.10 Å². The van der Waals surface area contributed by atoms with Gasteiger partial charge in [0.05, 0.1) is 22.0 Å². The number of amides is 1. The number of thiophene rings is 1. The van der Waals surface area contributed by atoms with Gasteiger partial charge in [0.1, 0.15) is 0 Å². The minimum Gasteiger partial charge on any atom is -0.318 e. The molecule has 21 heavy (non-hydrogen) atoms. The molecule has 1 aromatic carbocycles. The van der Waals surface area contributed by atoms with E-state index in [0.717, 1.165) is 28.2 Å². The summed E-state index contributed by atoms with van der Waals surface area (Å²) in [5.74, 6) is -0.101. The molecule has 0 spiro atoms. The number of nitrogens with one attached hydrogen (secondary N) is 2. The molecule has 0 unspecified atom stereocenters. The summed E-state index contributed by atoms with van der Waals surface area (Å²) in [4.78, 5) is 13.2. The maximum absolute atomic E-state index is 12.5. The Morgan fingerprint density at radius 1 is 1.19 bits per heavy atom. The minimum absolute atomic E-state index is 0.101. The predicted octanol–water partition coefficient (Wildman–Crippen LogP) is 4.01. The molecule has 0 atom stereocenters. The van der Waals surface area contributed by atoms with Crippen LogP contribution in [0.3, 0.4) is 0 Å². The highest BCUT2D eigenvalue weighted by atomic mass is 32.1. The lowest BCUT2D eigenvalue weighted by molar-refractivity contribution is 0.103. The molecule has 106 valence electrons. The van der Waals surface area contributed by atoms with Crippen LogP contribution in [0.15, 0.2) is 41.8 Å². The second-order valence-electron chi connectivity index (χ2n) is 4.79. The molecule has 0 fully saturated rings. The van der Waals surface area contributed by atoms with E-state index in [1.807, 2.05) is 55.6 Å². The van der Waals surface area contributed by atoms with E-state index >= 15 is 0 Å². The quantitative estimate of drug-likeness (QED) is 0.767. The molecule has 0 aliphatic carbocycles. The van der Waals surface area contributed by atoms with Crippen LogP contribution in [0.25, 0.3) is 11.1 Å². The predicted molar refractivity (Wildman–Crippen MR) is 85.8 cm³/mol. The summed E-state index contributed by atoms with van der Waals surface area (Å²) < 4.78 is 0. The standard InChI is InChI=1S/C16H15N3OS/c1-10-14(11(2)19-18-10)17-16(20)15-13(8-9-21-15)12-6-4-3-5-7-12/h3-9H,1-2H3,(H,17,20)(H,18,19). The first kappa shape index (κ1) is 13.6. The van der Waals surface area contributed by atoms with Crippen LogP contribution in [0.4, 0.5) is 5.69 Å². The highest BCUT2D eigenvalue weighted by Crippen LogP contribution is 2.29. The number of aromatic nitrogens is 2. The number of anilines is 1. The van der Waals surface area contributed by atoms with Gasteiger partial charge in [0.2, 0.25) is 0 Å². The number of benzene rings is 1. The summed E-state index contributed by atoms with van der Waals surface area (Å²) >= 11 is 1.44. The van der Waals surface area contributed by atoms with E-state index < -0.39 is 0 Å². The Morgan fingerprint density at radius 3 is 2.62 bits per heavy atom. The molecule has 2 heterocycles. The van der Waals surface area contributed by atoms with Crippen LogP contribution in [0, 0.1) is 13.8 Å². The van der Waals surface area contributed by atoms with Crippen LogP contribution in [0.2, 0.25) is 0 Å². The molecule has 0 radical (unpaired) electrons. The van der Waals surface area contributed by atoms with Crippen molar-refractivity contribution in [1.29, 1.82) is 0 Å². The maximum atomic E-state index is 12.5. The molecule has 3 rings (SSSR count). The number of aryl methyl sites for hydroxylation is 2. The van der Waals surface area contributed by atoms with Crippen LogP contribution in [-0.4, -0.2) is 16.1 Å². The molecule has 0 aliphatic heterocycles. The van der Waals surface area contributed by atoms with Crippen molar-refractivity contribution in [2.45, 2.75) is 13.8 Å². The van der Waals surface area contributed by atoms with Gasteiger partial charge in [-0.3, -0.25) is 9.89 Å². The summed E-state index contributed by atoms with van der Waals surface area (Å²) in [6, 6.07) is 11.9. The third-order valence-corrected chi connectivity index (χ3v) is 4.24. The molecule has 0 saturated carbocycles. The summed E-state index contributed by atoms with van der Waals surface area (Å²) in [7, 11) is 0. The second-order valence-corrected chi connectivity index (χ2v) is 5.71. The van der Waals surface area contributed by atoms with Gasteiger partial charge < -0.3 is 5.32 Å². The highest BCUT2D eigenvalue weighted by molar-refractivity contribution is 7.12. The Labute approximate surface area is 126 Å². The highest BCUT2D eigenvalue weighted by Gasteiger charge is 2.17. The first-order valence-electron chi connectivity index (χ1n) is 6.62. The smallest absolute Gasteiger partial charge is 0.266 e. The van der Waals surface area contributed by atoms with E-state index in [2.05, 4.69) is 15.5 Å². The first-order chi connectivity index (χ1) is 10.2. The summed E-state index contributed by atoms with van der Waals surface area (Å²) in [6.07, 6.45) is 0. The summed E-state index contributed by atoms with van der Waals surface area (Å²) in [5, 5.41) is 11.9. The van der Waals surface area contributed by atoms with Gasteiger partial charge in [0.25, 0.3) is 5.91 Å². The van der Waals surface area contributed by atoms with Crippen molar-refractivity contribution < 1.29 is 4.79 Å². The van der Waals surface area contributed by atoms with Gasteiger partial charge in [-0.25, -0.2) is 0 Å². The Kier molecular flexibility index (Phi) is 3.58. The number of H-pyrrole nitrogens is 1. The first-order valence-corrected chi connectivity index (χ1v) is 7.50. The SMILES string of the molecule is Cc1n[nH]c(C)c1NC(=O)c1sccc1-c1ccccc1. The van der Waals surface area contributed by atoms with Gasteiger partial charge in [0, 0.05) is 5.56 Å². The van der Waals surface area contributed by atoms with E-state index in [1.165, 1.54) is 11.3 Å². The third kappa shape index (κ3) is 2.60. The number of nitrogens with zero attached hydrogens (tertiary/aromatic N) is 1. The van der Waals surface area contributed by atoms with Gasteiger partial charge in [-0.15, -0.1) is 11.3 Å². The average Bonchev–Trinajstić information content (AvgIpc) is 3.10. The molecule has 0 aliphatic rings. The number of rotatable bonds is 3. The minimum atomic E-state index is -0.101. The Hall–Kier alpha value is -2.40. The van der Waals surface area contributed by atoms with E-state index in [4.69, 9.17) is 0 Å². The second kappa shape index (κ2) is 5.54. The van der Waals surface area contributed by atoms with Crippen LogP contribution in [0.5, 0.6) is 0 Å². The molecule has 0 saturated heterocycles. The number of hydrogen-bond donors (Lipinski definition) is 2. The fourth-order valence-electron chi connectivity index (χ4n) is 2.24. The zero-order valence-electron chi connectivity index (χ0n) is 11.8. The van der Waals surface area contributed by atoms with Crippen LogP contribution in [-0.2, 0) is 0 Å². The Bertz CT molecular complexity index is 754. The van der Waals surface area contributed by atoms with Crippen molar-refractivity contribution in [1.82, 2.24) is 10.2 Å². The fraction of sp³-hybridized carbons (Fsp3) is 0.125. The van der Waals surface area contributed by atoms with Gasteiger partial charge in [0.15, 0.2) is 0 Å². The largest absolute Gasteiger partial charge is 0.318 e. The number of aromatic amines is 1. The third-order valence-electron chi connectivity index (χ3n) is 3.32. The Morgan fingerprint density at radius 2 is 1.95 bits per heavy atom. The van der Waals surface area contributed by atoms with Crippen molar-refractivity contribution in [2.75, 3.05) is 5.32 Å². The van der Waals surface area contributed by atoms with Gasteiger partial charge >= 0.3 is 0 Å². The van der Waals surface area contributed by atoms with Gasteiger partial charge in [-0.1, -0.05) is 30.3 Å². The molecular formula is C16H15N3OS. The Balaban J connectivity index is 1.92. The van der Waals surface area contributed by atoms with Crippen molar-refractivity contribution in [3.63, 3.8) is 0 Å². The maximum Gasteiger partial charge on any atom is 0.266 e. The lowest BCUT2D eigenvalue weighted by Crippen LogP contribution is -2.12. The lowest BCUT2D eigenvalue weighted by Gasteiger charge is -2.06. The fourth-order valence-corrected chi connectivity index (χ4v) is 3.05.